The molecule has 1 aromatic rings. The quantitative estimate of drug-likeness (QED) is 0.757. The van der Waals surface area contributed by atoms with Gasteiger partial charge in [-0.25, -0.2) is 18.4 Å². The lowest BCUT2D eigenvalue weighted by Crippen LogP contribution is -2.32. The van der Waals surface area contributed by atoms with Crippen LogP contribution in [0.15, 0.2) is 29.2 Å². The molecule has 0 aliphatic heterocycles. The molecule has 0 saturated carbocycles. The van der Waals surface area contributed by atoms with Crippen molar-refractivity contribution >= 4 is 21.7 Å². The lowest BCUT2D eigenvalue weighted by atomic mass is 10.2. The summed E-state index contributed by atoms with van der Waals surface area (Å²) in [5, 5.41) is 7.72. The highest BCUT2D eigenvalue weighted by Gasteiger charge is 2.16. The zero-order valence-electron chi connectivity index (χ0n) is 12.5. The lowest BCUT2D eigenvalue weighted by Gasteiger charge is -2.18. The summed E-state index contributed by atoms with van der Waals surface area (Å²) in [5.41, 5.74) is 0.199. The van der Waals surface area contributed by atoms with Crippen molar-refractivity contribution in [2.24, 2.45) is 5.14 Å². The Morgan fingerprint density at radius 2 is 1.90 bits per heavy atom. The van der Waals surface area contributed by atoms with E-state index in [-0.39, 0.29) is 16.6 Å². The van der Waals surface area contributed by atoms with Crippen LogP contribution in [0.1, 0.15) is 32.6 Å². The summed E-state index contributed by atoms with van der Waals surface area (Å²) >= 11 is 0. The minimum absolute atomic E-state index is 0.0854. The number of amides is 2. The Labute approximate surface area is 126 Å². The standard InChI is InChI=1S/C14H23N3O3S/c1-3-4-5-8-11-17(2)14(18)16-12-9-6-7-10-13(12)21(15,19)20/h6-7,9-10H,3-5,8,11H2,1-2H3,(H,16,18)(H2,15,19,20). The van der Waals surface area contributed by atoms with E-state index >= 15 is 0 Å². The molecule has 0 spiro atoms. The van der Waals surface area contributed by atoms with Gasteiger partial charge in [0.1, 0.15) is 4.90 Å². The summed E-state index contributed by atoms with van der Waals surface area (Å²) < 4.78 is 22.9. The zero-order chi connectivity index (χ0) is 15.9. The molecule has 0 atom stereocenters. The number of benzene rings is 1. The SMILES string of the molecule is CCCCCCN(C)C(=O)Nc1ccccc1S(N)(=O)=O. The van der Waals surface area contributed by atoms with Gasteiger partial charge >= 0.3 is 6.03 Å². The molecule has 21 heavy (non-hydrogen) atoms. The number of sulfonamides is 1. The Bertz CT molecular complexity index is 573. The third-order valence-electron chi connectivity index (χ3n) is 3.13. The summed E-state index contributed by atoms with van der Waals surface area (Å²) in [6, 6.07) is 5.74. The molecule has 7 heteroatoms. The predicted molar refractivity (Wildman–Crippen MR) is 83.6 cm³/mol. The number of anilines is 1. The molecule has 0 aliphatic carbocycles. The number of nitrogens with one attached hydrogen (secondary N) is 1. The zero-order valence-corrected chi connectivity index (χ0v) is 13.3. The van der Waals surface area contributed by atoms with Crippen LogP contribution in [0.5, 0.6) is 0 Å². The number of para-hydroxylation sites is 1. The van der Waals surface area contributed by atoms with Crippen molar-refractivity contribution in [2.75, 3.05) is 18.9 Å². The topological polar surface area (TPSA) is 92.5 Å². The second-order valence-electron chi connectivity index (χ2n) is 4.95. The highest BCUT2D eigenvalue weighted by atomic mass is 32.2. The fraction of sp³-hybridized carbons (Fsp3) is 0.500. The van der Waals surface area contributed by atoms with Crippen LogP contribution in [0, 0.1) is 0 Å². The number of carbonyl (C=O) groups excluding carboxylic acids is 1. The number of rotatable bonds is 7. The summed E-state index contributed by atoms with van der Waals surface area (Å²) in [6.07, 6.45) is 4.28. The van der Waals surface area contributed by atoms with Gasteiger partial charge in [-0.05, 0) is 18.6 Å². The first kappa shape index (κ1) is 17.5. The van der Waals surface area contributed by atoms with Crippen LogP contribution < -0.4 is 10.5 Å². The van der Waals surface area contributed by atoms with Gasteiger partial charge in [-0.2, -0.15) is 0 Å². The van der Waals surface area contributed by atoms with Gasteiger partial charge in [0.15, 0.2) is 0 Å². The van der Waals surface area contributed by atoms with Gasteiger partial charge in [0.25, 0.3) is 0 Å². The smallest absolute Gasteiger partial charge is 0.321 e. The van der Waals surface area contributed by atoms with E-state index in [4.69, 9.17) is 5.14 Å². The van der Waals surface area contributed by atoms with E-state index in [0.29, 0.717) is 6.54 Å². The van der Waals surface area contributed by atoms with Gasteiger partial charge in [-0.15, -0.1) is 0 Å². The largest absolute Gasteiger partial charge is 0.328 e. The number of urea groups is 1. The van der Waals surface area contributed by atoms with Crippen molar-refractivity contribution < 1.29 is 13.2 Å². The van der Waals surface area contributed by atoms with Crippen LogP contribution in [-0.2, 0) is 10.0 Å². The number of primary sulfonamides is 1. The van der Waals surface area contributed by atoms with Crippen molar-refractivity contribution in [3.8, 4) is 0 Å². The second kappa shape index (κ2) is 7.99. The van der Waals surface area contributed by atoms with Gasteiger partial charge in [-0.3, -0.25) is 0 Å². The van der Waals surface area contributed by atoms with Crippen LogP contribution >= 0.6 is 0 Å². The van der Waals surface area contributed by atoms with E-state index in [9.17, 15) is 13.2 Å². The van der Waals surface area contributed by atoms with Gasteiger partial charge in [0.05, 0.1) is 5.69 Å². The number of hydrogen-bond acceptors (Lipinski definition) is 3. The fourth-order valence-corrected chi connectivity index (χ4v) is 2.60. The number of nitrogens with zero attached hydrogens (tertiary/aromatic N) is 1. The number of carbonyl (C=O) groups is 1. The Hall–Kier alpha value is -1.60. The summed E-state index contributed by atoms with van der Waals surface area (Å²) in [7, 11) is -2.18. The Balaban J connectivity index is 2.67. The van der Waals surface area contributed by atoms with Crippen LogP contribution in [0.2, 0.25) is 0 Å². The predicted octanol–water partition coefficient (Wildman–Crippen LogP) is 2.38. The third-order valence-corrected chi connectivity index (χ3v) is 4.10. The highest BCUT2D eigenvalue weighted by molar-refractivity contribution is 7.89. The van der Waals surface area contributed by atoms with Gasteiger partial charge < -0.3 is 10.2 Å². The Kier molecular flexibility index (Phi) is 6.64. The maximum absolute atomic E-state index is 12.0. The molecular formula is C14H23N3O3S. The first-order valence-corrected chi connectivity index (χ1v) is 8.55. The van der Waals surface area contributed by atoms with Crippen LogP contribution in [0.25, 0.3) is 0 Å². The van der Waals surface area contributed by atoms with Crippen molar-refractivity contribution in [1.29, 1.82) is 0 Å². The monoisotopic (exact) mass is 313 g/mol. The van der Waals surface area contributed by atoms with E-state index in [1.807, 2.05) is 0 Å². The molecule has 3 N–H and O–H groups in total. The average molecular weight is 313 g/mol. The van der Waals surface area contributed by atoms with E-state index in [1.165, 1.54) is 17.0 Å². The summed E-state index contributed by atoms with van der Waals surface area (Å²) in [6.45, 7) is 2.75. The van der Waals surface area contributed by atoms with Crippen LogP contribution in [-0.4, -0.2) is 32.9 Å². The molecule has 0 unspecified atom stereocenters. The molecule has 0 bridgehead atoms. The second-order valence-corrected chi connectivity index (χ2v) is 6.48. The lowest BCUT2D eigenvalue weighted by molar-refractivity contribution is 0.221. The number of hydrogen-bond donors (Lipinski definition) is 2. The molecule has 2 amide bonds. The van der Waals surface area contributed by atoms with Crippen LogP contribution in [0.3, 0.4) is 0 Å². The normalized spacial score (nSPS) is 11.2. The maximum Gasteiger partial charge on any atom is 0.321 e. The molecule has 0 fully saturated rings. The van der Waals surface area contributed by atoms with E-state index in [0.717, 1.165) is 25.7 Å². The molecule has 6 nitrogen and oxygen atoms in total. The van der Waals surface area contributed by atoms with Gasteiger partial charge in [-0.1, -0.05) is 38.3 Å². The average Bonchev–Trinajstić information content (AvgIpc) is 2.42. The molecule has 0 saturated heterocycles. The molecule has 0 radical (unpaired) electrons. The summed E-state index contributed by atoms with van der Waals surface area (Å²) in [5.74, 6) is 0. The molecular weight excluding hydrogens is 290 g/mol. The van der Waals surface area contributed by atoms with Crippen molar-refractivity contribution in [1.82, 2.24) is 4.90 Å². The minimum atomic E-state index is -3.86. The van der Waals surface area contributed by atoms with E-state index in [2.05, 4.69) is 12.2 Å². The molecule has 1 rings (SSSR count). The Morgan fingerprint density at radius 1 is 1.24 bits per heavy atom. The van der Waals surface area contributed by atoms with Gasteiger partial charge in [0, 0.05) is 13.6 Å². The fourth-order valence-electron chi connectivity index (χ4n) is 1.91. The molecule has 0 aromatic heterocycles. The van der Waals surface area contributed by atoms with Crippen LogP contribution in [0.4, 0.5) is 10.5 Å². The first-order chi connectivity index (χ1) is 9.86. The molecule has 0 aliphatic rings. The highest BCUT2D eigenvalue weighted by Crippen LogP contribution is 2.19. The third kappa shape index (κ3) is 5.73. The Morgan fingerprint density at radius 3 is 2.52 bits per heavy atom. The van der Waals surface area contributed by atoms with Gasteiger partial charge in [0.2, 0.25) is 10.0 Å². The minimum Gasteiger partial charge on any atom is -0.328 e. The maximum atomic E-state index is 12.0. The van der Waals surface area contributed by atoms with E-state index < -0.39 is 10.0 Å². The molecule has 118 valence electrons. The van der Waals surface area contributed by atoms with E-state index in [1.54, 1.807) is 19.2 Å². The molecule has 1 aromatic carbocycles. The summed E-state index contributed by atoms with van der Waals surface area (Å²) in [4.78, 5) is 13.5. The molecule has 0 heterocycles. The van der Waals surface area contributed by atoms with Crippen molar-refractivity contribution in [3.05, 3.63) is 24.3 Å². The first-order valence-electron chi connectivity index (χ1n) is 7.00. The number of unbranched alkanes of at least 4 members (excludes halogenated alkanes) is 3. The number of nitrogens with two attached hydrogens (primary N) is 1. The van der Waals surface area contributed by atoms with Crippen molar-refractivity contribution in [2.45, 2.75) is 37.5 Å². The van der Waals surface area contributed by atoms with Crippen molar-refractivity contribution in [3.63, 3.8) is 0 Å².